The van der Waals surface area contributed by atoms with Crippen LogP contribution >= 0.6 is 12.4 Å². The van der Waals surface area contributed by atoms with E-state index in [9.17, 15) is 5.11 Å². The molecule has 1 aromatic carbocycles. The Kier molecular flexibility index (Phi) is 3.58. The molecule has 0 aromatic heterocycles. The average molecular weight is 270 g/mol. The van der Waals surface area contributed by atoms with Gasteiger partial charge in [0.25, 0.3) is 0 Å². The molecular formula is C14H20ClNO2. The molecule has 0 radical (unpaired) electrons. The van der Waals surface area contributed by atoms with Crippen molar-refractivity contribution < 1.29 is 9.84 Å². The molecule has 1 spiro atoms. The van der Waals surface area contributed by atoms with Gasteiger partial charge in [0.15, 0.2) is 0 Å². The van der Waals surface area contributed by atoms with E-state index in [1.54, 1.807) is 0 Å². The molecule has 100 valence electrons. The van der Waals surface area contributed by atoms with Gasteiger partial charge in [-0.2, -0.15) is 0 Å². The van der Waals surface area contributed by atoms with E-state index in [-0.39, 0.29) is 24.0 Å². The molecule has 0 amide bonds. The van der Waals surface area contributed by atoms with Crippen LogP contribution in [0.25, 0.3) is 0 Å². The van der Waals surface area contributed by atoms with Crippen molar-refractivity contribution in [3.8, 4) is 5.75 Å². The number of benzene rings is 1. The zero-order valence-corrected chi connectivity index (χ0v) is 11.4. The van der Waals surface area contributed by atoms with E-state index >= 15 is 0 Å². The molecule has 2 unspecified atom stereocenters. The molecule has 3 nitrogen and oxygen atoms in total. The standard InChI is InChI=1S/C14H19NO2.ClH/c1-9-4-5-11-10(8-9)12(16)13(15)14(17-11)6-2-3-7-14;/h4-5,8,12-13,16H,2-3,6-7,15H2,1H3;1H. The van der Waals surface area contributed by atoms with Crippen LogP contribution in [0.1, 0.15) is 42.9 Å². The lowest BCUT2D eigenvalue weighted by Gasteiger charge is -2.43. The van der Waals surface area contributed by atoms with E-state index in [4.69, 9.17) is 10.5 Å². The highest BCUT2D eigenvalue weighted by Crippen LogP contribution is 2.46. The van der Waals surface area contributed by atoms with Crippen molar-refractivity contribution in [2.24, 2.45) is 5.73 Å². The summed E-state index contributed by atoms with van der Waals surface area (Å²) in [4.78, 5) is 0. The number of aliphatic hydroxyl groups excluding tert-OH is 1. The van der Waals surface area contributed by atoms with Gasteiger partial charge in [0.2, 0.25) is 0 Å². The van der Waals surface area contributed by atoms with E-state index in [0.29, 0.717) is 0 Å². The van der Waals surface area contributed by atoms with Crippen LogP contribution in [0, 0.1) is 6.92 Å². The first-order valence-corrected chi connectivity index (χ1v) is 6.36. The second-order valence-electron chi connectivity index (χ2n) is 5.39. The summed E-state index contributed by atoms with van der Waals surface area (Å²) in [6, 6.07) is 5.64. The van der Waals surface area contributed by atoms with Crippen molar-refractivity contribution in [2.45, 2.75) is 50.4 Å². The topological polar surface area (TPSA) is 55.5 Å². The van der Waals surface area contributed by atoms with Gasteiger partial charge in [0.1, 0.15) is 17.5 Å². The fourth-order valence-electron chi connectivity index (χ4n) is 3.17. The van der Waals surface area contributed by atoms with Crippen molar-refractivity contribution >= 4 is 12.4 Å². The van der Waals surface area contributed by atoms with Crippen molar-refractivity contribution in [3.63, 3.8) is 0 Å². The fraction of sp³-hybridized carbons (Fsp3) is 0.571. The zero-order chi connectivity index (χ0) is 12.0. The maximum Gasteiger partial charge on any atom is 0.127 e. The smallest absolute Gasteiger partial charge is 0.127 e. The van der Waals surface area contributed by atoms with Gasteiger partial charge in [-0.05, 0) is 44.7 Å². The lowest BCUT2D eigenvalue weighted by Crippen LogP contribution is -2.56. The number of aryl methyl sites for hydroxylation is 1. The third kappa shape index (κ3) is 1.91. The first-order chi connectivity index (χ1) is 8.12. The van der Waals surface area contributed by atoms with Crippen LogP contribution in [0.3, 0.4) is 0 Å². The van der Waals surface area contributed by atoms with Crippen LogP contribution < -0.4 is 10.5 Å². The van der Waals surface area contributed by atoms with Crippen LogP contribution in [0.15, 0.2) is 18.2 Å². The van der Waals surface area contributed by atoms with Gasteiger partial charge >= 0.3 is 0 Å². The molecule has 1 aromatic rings. The Balaban J connectivity index is 0.00000120. The Hall–Kier alpha value is -0.770. The minimum Gasteiger partial charge on any atom is -0.485 e. The third-order valence-corrected chi connectivity index (χ3v) is 4.19. The van der Waals surface area contributed by atoms with Gasteiger partial charge in [-0.1, -0.05) is 11.6 Å². The fourth-order valence-corrected chi connectivity index (χ4v) is 3.17. The van der Waals surface area contributed by atoms with Crippen LogP contribution in [-0.2, 0) is 0 Å². The zero-order valence-electron chi connectivity index (χ0n) is 10.6. The second-order valence-corrected chi connectivity index (χ2v) is 5.39. The van der Waals surface area contributed by atoms with Crippen molar-refractivity contribution in [1.29, 1.82) is 0 Å². The van der Waals surface area contributed by atoms with E-state index in [0.717, 1.165) is 42.6 Å². The maximum absolute atomic E-state index is 10.4. The van der Waals surface area contributed by atoms with E-state index < -0.39 is 6.10 Å². The SMILES string of the molecule is Cc1ccc2c(c1)C(O)C(N)C1(CCCC1)O2.Cl. The summed E-state index contributed by atoms with van der Waals surface area (Å²) >= 11 is 0. The molecule has 4 heteroatoms. The minimum atomic E-state index is -0.600. The molecule has 0 bridgehead atoms. The monoisotopic (exact) mass is 269 g/mol. The van der Waals surface area contributed by atoms with Crippen molar-refractivity contribution in [1.82, 2.24) is 0 Å². The van der Waals surface area contributed by atoms with E-state index in [2.05, 4.69) is 0 Å². The molecular weight excluding hydrogens is 250 g/mol. The number of nitrogens with two attached hydrogens (primary N) is 1. The summed E-state index contributed by atoms with van der Waals surface area (Å²) in [5, 5.41) is 10.4. The summed E-state index contributed by atoms with van der Waals surface area (Å²) in [6.07, 6.45) is 3.59. The summed E-state index contributed by atoms with van der Waals surface area (Å²) < 4.78 is 6.13. The van der Waals surface area contributed by atoms with Crippen molar-refractivity contribution in [3.05, 3.63) is 29.3 Å². The molecule has 3 N–H and O–H groups in total. The highest BCUT2D eigenvalue weighted by Gasteiger charge is 2.49. The van der Waals surface area contributed by atoms with Gasteiger partial charge in [0.05, 0.1) is 6.04 Å². The Labute approximate surface area is 114 Å². The third-order valence-electron chi connectivity index (χ3n) is 4.19. The number of hydrogen-bond donors (Lipinski definition) is 2. The number of halogens is 1. The van der Waals surface area contributed by atoms with Crippen molar-refractivity contribution in [2.75, 3.05) is 0 Å². The lowest BCUT2D eigenvalue weighted by atomic mass is 9.82. The number of hydrogen-bond acceptors (Lipinski definition) is 3. The van der Waals surface area contributed by atoms with Gasteiger partial charge in [-0.15, -0.1) is 12.4 Å². The number of rotatable bonds is 0. The first kappa shape index (κ1) is 13.7. The number of fused-ring (bicyclic) bond motifs is 1. The summed E-state index contributed by atoms with van der Waals surface area (Å²) in [7, 11) is 0. The summed E-state index contributed by atoms with van der Waals surface area (Å²) in [6.45, 7) is 2.01. The Morgan fingerprint density at radius 3 is 2.67 bits per heavy atom. The van der Waals surface area contributed by atoms with Gasteiger partial charge in [-0.3, -0.25) is 0 Å². The average Bonchev–Trinajstić information content (AvgIpc) is 2.77. The number of aliphatic hydroxyl groups is 1. The van der Waals surface area contributed by atoms with Crippen LogP contribution in [-0.4, -0.2) is 16.7 Å². The predicted octanol–water partition coefficient (Wildman–Crippen LogP) is 2.48. The molecule has 2 aliphatic rings. The summed E-state index contributed by atoms with van der Waals surface area (Å²) in [5.74, 6) is 0.812. The molecule has 1 aliphatic heterocycles. The molecule has 1 heterocycles. The normalized spacial score (nSPS) is 28.4. The minimum absolute atomic E-state index is 0. The van der Waals surface area contributed by atoms with E-state index in [1.165, 1.54) is 0 Å². The molecule has 2 atom stereocenters. The summed E-state index contributed by atoms with van der Waals surface area (Å²) in [5.41, 5.74) is 7.85. The van der Waals surface area contributed by atoms with Crippen LogP contribution in [0.5, 0.6) is 5.75 Å². The molecule has 1 fully saturated rings. The highest BCUT2D eigenvalue weighted by atomic mass is 35.5. The first-order valence-electron chi connectivity index (χ1n) is 6.36. The molecule has 18 heavy (non-hydrogen) atoms. The molecule has 0 saturated heterocycles. The molecule has 3 rings (SSSR count). The quantitative estimate of drug-likeness (QED) is 0.761. The van der Waals surface area contributed by atoms with Gasteiger partial charge in [0, 0.05) is 5.56 Å². The predicted molar refractivity (Wildman–Crippen MR) is 73.2 cm³/mol. The Morgan fingerprint density at radius 1 is 1.33 bits per heavy atom. The van der Waals surface area contributed by atoms with E-state index in [1.807, 2.05) is 25.1 Å². The van der Waals surface area contributed by atoms with Crippen LogP contribution in [0.4, 0.5) is 0 Å². The van der Waals surface area contributed by atoms with Gasteiger partial charge in [-0.25, -0.2) is 0 Å². The largest absolute Gasteiger partial charge is 0.485 e. The molecule has 1 saturated carbocycles. The maximum atomic E-state index is 10.4. The number of ether oxygens (including phenoxy) is 1. The lowest BCUT2D eigenvalue weighted by molar-refractivity contribution is -0.0316. The van der Waals surface area contributed by atoms with Crippen LogP contribution in [0.2, 0.25) is 0 Å². The Morgan fingerprint density at radius 2 is 2.00 bits per heavy atom. The Bertz CT molecular complexity index is 443. The highest BCUT2D eigenvalue weighted by molar-refractivity contribution is 5.85. The van der Waals surface area contributed by atoms with Gasteiger partial charge < -0.3 is 15.6 Å². The second kappa shape index (κ2) is 4.72. The molecule has 1 aliphatic carbocycles.